The predicted molar refractivity (Wildman–Crippen MR) is 115 cm³/mol. The van der Waals surface area contributed by atoms with E-state index in [9.17, 15) is 15.0 Å². The lowest BCUT2D eigenvalue weighted by molar-refractivity contribution is -0.131. The number of aromatic hydroxyl groups is 2. The third-order valence-corrected chi connectivity index (χ3v) is 6.12. The number of carbonyl (C=O) groups is 1. The van der Waals surface area contributed by atoms with E-state index >= 15 is 0 Å². The van der Waals surface area contributed by atoms with Gasteiger partial charge in [-0.25, -0.2) is 10.9 Å². The number of para-hydroxylation sites is 1. The summed E-state index contributed by atoms with van der Waals surface area (Å²) in [4.78, 5) is 15.2. The largest absolute Gasteiger partial charge is 0.508 e. The molecule has 0 aromatic heterocycles. The van der Waals surface area contributed by atoms with Crippen LogP contribution in [0.4, 0.5) is 0 Å². The zero-order valence-electron chi connectivity index (χ0n) is 17.7. The molecule has 0 aliphatic carbocycles. The van der Waals surface area contributed by atoms with E-state index < -0.39 is 6.04 Å². The van der Waals surface area contributed by atoms with Crippen molar-refractivity contribution in [3.63, 3.8) is 0 Å². The fourth-order valence-electron chi connectivity index (χ4n) is 4.73. The van der Waals surface area contributed by atoms with Crippen LogP contribution in [-0.2, 0) is 9.53 Å². The van der Waals surface area contributed by atoms with Gasteiger partial charge < -0.3 is 24.6 Å². The number of likely N-dealkylation sites (tertiary alicyclic amines) is 1. The van der Waals surface area contributed by atoms with E-state index in [1.807, 2.05) is 30.0 Å². The van der Waals surface area contributed by atoms with Gasteiger partial charge in [0.2, 0.25) is 5.91 Å². The SMILES string of the molecule is CCOCCCN1C(=O)C2NNC(c3ccccc3O)C2C1c1ccc(O)c(OC)c1. The molecule has 4 N–H and O–H groups in total. The zero-order chi connectivity index (χ0) is 22.0. The van der Waals surface area contributed by atoms with Gasteiger partial charge in [-0.3, -0.25) is 4.79 Å². The van der Waals surface area contributed by atoms with E-state index in [1.165, 1.54) is 7.11 Å². The maximum absolute atomic E-state index is 13.4. The number of hydrogen-bond acceptors (Lipinski definition) is 7. The molecule has 0 radical (unpaired) electrons. The van der Waals surface area contributed by atoms with E-state index in [1.54, 1.807) is 24.3 Å². The van der Waals surface area contributed by atoms with Gasteiger partial charge in [0.15, 0.2) is 11.5 Å². The molecule has 2 aliphatic heterocycles. The molecule has 2 aromatic rings. The quantitative estimate of drug-likeness (QED) is 0.479. The van der Waals surface area contributed by atoms with E-state index in [0.29, 0.717) is 25.5 Å². The Morgan fingerprint density at radius 3 is 2.58 bits per heavy atom. The van der Waals surface area contributed by atoms with E-state index in [4.69, 9.17) is 9.47 Å². The Bertz CT molecular complexity index is 937. The summed E-state index contributed by atoms with van der Waals surface area (Å²) in [6, 6.07) is 11.4. The molecule has 2 aliphatic rings. The minimum absolute atomic E-state index is 0.00367. The van der Waals surface area contributed by atoms with Gasteiger partial charge in [0.05, 0.1) is 19.2 Å². The average Bonchev–Trinajstić information content (AvgIpc) is 3.31. The molecule has 4 rings (SSSR count). The van der Waals surface area contributed by atoms with Crippen molar-refractivity contribution in [1.29, 1.82) is 0 Å². The molecule has 2 saturated heterocycles. The van der Waals surface area contributed by atoms with Crippen molar-refractivity contribution >= 4 is 5.91 Å². The Morgan fingerprint density at radius 1 is 1.06 bits per heavy atom. The lowest BCUT2D eigenvalue weighted by Gasteiger charge is -2.31. The molecule has 8 nitrogen and oxygen atoms in total. The summed E-state index contributed by atoms with van der Waals surface area (Å²) < 4.78 is 10.8. The number of nitrogens with zero attached hydrogens (tertiary/aromatic N) is 1. The van der Waals surface area contributed by atoms with Crippen molar-refractivity contribution in [2.45, 2.75) is 31.5 Å². The summed E-state index contributed by atoms with van der Waals surface area (Å²) in [6.45, 7) is 3.72. The van der Waals surface area contributed by atoms with E-state index in [0.717, 1.165) is 17.5 Å². The van der Waals surface area contributed by atoms with Gasteiger partial charge in [0.1, 0.15) is 11.8 Å². The van der Waals surface area contributed by atoms with Crippen LogP contribution in [0.1, 0.15) is 36.6 Å². The second kappa shape index (κ2) is 9.13. The highest BCUT2D eigenvalue weighted by molar-refractivity contribution is 5.86. The van der Waals surface area contributed by atoms with Gasteiger partial charge in [-0.15, -0.1) is 0 Å². The predicted octanol–water partition coefficient (Wildman–Crippen LogP) is 2.25. The van der Waals surface area contributed by atoms with E-state index in [2.05, 4.69) is 10.9 Å². The Labute approximate surface area is 181 Å². The standard InChI is InChI=1S/C23H29N3O5/c1-3-31-12-6-11-26-22(14-9-10-17(28)18(13-14)30-2)19-20(24-25-21(19)23(26)29)15-7-4-5-8-16(15)27/h4-5,7-10,13,19-22,24-25,27-28H,3,6,11-12H2,1-2H3. The van der Waals surface area contributed by atoms with Crippen LogP contribution in [0.5, 0.6) is 17.2 Å². The number of fused-ring (bicyclic) bond motifs is 1. The van der Waals surface area contributed by atoms with Crippen molar-refractivity contribution < 1.29 is 24.5 Å². The number of hydrogen-bond donors (Lipinski definition) is 4. The Hall–Kier alpha value is -2.81. The Morgan fingerprint density at radius 2 is 1.84 bits per heavy atom. The molecule has 0 saturated carbocycles. The number of amides is 1. The average molecular weight is 428 g/mol. The molecule has 0 spiro atoms. The van der Waals surface area contributed by atoms with Gasteiger partial charge in [-0.05, 0) is 37.1 Å². The highest BCUT2D eigenvalue weighted by Gasteiger charge is 2.55. The van der Waals surface area contributed by atoms with Crippen molar-refractivity contribution in [2.24, 2.45) is 5.92 Å². The summed E-state index contributed by atoms with van der Waals surface area (Å²) in [7, 11) is 1.50. The molecule has 31 heavy (non-hydrogen) atoms. The minimum Gasteiger partial charge on any atom is -0.508 e. The van der Waals surface area contributed by atoms with Gasteiger partial charge in [-0.1, -0.05) is 24.3 Å². The Kier molecular flexibility index (Phi) is 6.31. The molecule has 0 bridgehead atoms. The molecular formula is C23H29N3O5. The summed E-state index contributed by atoms with van der Waals surface area (Å²) in [5, 5.41) is 20.5. The molecule has 4 atom stereocenters. The zero-order valence-corrected chi connectivity index (χ0v) is 17.7. The maximum Gasteiger partial charge on any atom is 0.242 e. The highest BCUT2D eigenvalue weighted by Crippen LogP contribution is 2.49. The first-order chi connectivity index (χ1) is 15.1. The normalized spacial score (nSPS) is 25.1. The van der Waals surface area contributed by atoms with Crippen molar-refractivity contribution in [3.8, 4) is 17.2 Å². The topological polar surface area (TPSA) is 103 Å². The fourth-order valence-corrected chi connectivity index (χ4v) is 4.73. The van der Waals surface area contributed by atoms with Crippen molar-refractivity contribution in [2.75, 3.05) is 26.9 Å². The first-order valence-corrected chi connectivity index (χ1v) is 10.6. The van der Waals surface area contributed by atoms with Gasteiger partial charge in [0, 0.05) is 31.2 Å². The van der Waals surface area contributed by atoms with Crippen LogP contribution in [0.2, 0.25) is 0 Å². The third-order valence-electron chi connectivity index (χ3n) is 6.12. The second-order valence-electron chi connectivity index (χ2n) is 7.84. The fraction of sp³-hybridized carbons (Fsp3) is 0.435. The molecule has 166 valence electrons. The first kappa shape index (κ1) is 21.4. The monoisotopic (exact) mass is 427 g/mol. The summed E-state index contributed by atoms with van der Waals surface area (Å²) in [5.74, 6) is 0.438. The van der Waals surface area contributed by atoms with E-state index in [-0.39, 0.29) is 35.4 Å². The minimum atomic E-state index is -0.429. The number of ether oxygens (including phenoxy) is 2. The van der Waals surface area contributed by atoms with Crippen LogP contribution < -0.4 is 15.6 Å². The summed E-state index contributed by atoms with van der Waals surface area (Å²) >= 11 is 0. The number of benzene rings is 2. The lowest BCUT2D eigenvalue weighted by Crippen LogP contribution is -2.41. The number of phenolic OH excluding ortho intramolecular Hbond substituents is 2. The number of hydrazine groups is 1. The lowest BCUT2D eigenvalue weighted by atomic mass is 9.83. The van der Waals surface area contributed by atoms with Crippen LogP contribution in [0.3, 0.4) is 0 Å². The van der Waals surface area contributed by atoms with Crippen LogP contribution in [0.25, 0.3) is 0 Å². The first-order valence-electron chi connectivity index (χ1n) is 10.6. The highest BCUT2D eigenvalue weighted by atomic mass is 16.5. The Balaban J connectivity index is 1.72. The molecule has 8 heteroatoms. The number of rotatable bonds is 8. The van der Waals surface area contributed by atoms with Crippen LogP contribution >= 0.6 is 0 Å². The second-order valence-corrected chi connectivity index (χ2v) is 7.84. The smallest absolute Gasteiger partial charge is 0.242 e. The molecule has 2 heterocycles. The molecular weight excluding hydrogens is 398 g/mol. The van der Waals surface area contributed by atoms with Crippen molar-refractivity contribution in [1.82, 2.24) is 15.8 Å². The van der Waals surface area contributed by atoms with Gasteiger partial charge in [0.25, 0.3) is 0 Å². The van der Waals surface area contributed by atoms with Crippen LogP contribution in [0, 0.1) is 5.92 Å². The third kappa shape index (κ3) is 3.94. The number of carbonyl (C=O) groups excluding carboxylic acids is 1. The number of phenols is 2. The van der Waals surface area contributed by atoms with Gasteiger partial charge in [-0.2, -0.15) is 0 Å². The molecule has 4 unspecified atom stereocenters. The summed E-state index contributed by atoms with van der Waals surface area (Å²) in [6.07, 6.45) is 0.722. The molecule has 2 aromatic carbocycles. The van der Waals surface area contributed by atoms with Crippen molar-refractivity contribution in [3.05, 3.63) is 53.6 Å². The number of nitrogens with one attached hydrogen (secondary N) is 2. The molecule has 1 amide bonds. The van der Waals surface area contributed by atoms with Crippen LogP contribution in [0.15, 0.2) is 42.5 Å². The van der Waals surface area contributed by atoms with Crippen LogP contribution in [-0.4, -0.2) is 53.9 Å². The number of methoxy groups -OCH3 is 1. The maximum atomic E-state index is 13.4. The molecule has 2 fully saturated rings. The summed E-state index contributed by atoms with van der Waals surface area (Å²) in [5.41, 5.74) is 7.98. The van der Waals surface area contributed by atoms with Gasteiger partial charge >= 0.3 is 0 Å².